The highest BCUT2D eigenvalue weighted by Gasteiger charge is 2.39. The van der Waals surface area contributed by atoms with E-state index in [-0.39, 0.29) is 0 Å². The number of rotatable bonds is 3. The van der Waals surface area contributed by atoms with Gasteiger partial charge in [-0.3, -0.25) is 0 Å². The maximum Gasteiger partial charge on any atom is -0.00151 e. The Kier molecular flexibility index (Phi) is 3.11. The molecule has 0 amide bonds. The van der Waals surface area contributed by atoms with E-state index in [0.29, 0.717) is 5.41 Å². The van der Waals surface area contributed by atoms with E-state index in [1.807, 2.05) is 0 Å². The maximum atomic E-state index is 3.33. The van der Waals surface area contributed by atoms with Crippen molar-refractivity contribution < 1.29 is 0 Å². The van der Waals surface area contributed by atoms with Gasteiger partial charge in [-0.05, 0) is 43.3 Å². The number of benzene rings is 1. The van der Waals surface area contributed by atoms with Crippen molar-refractivity contribution in [2.75, 3.05) is 13.6 Å². The van der Waals surface area contributed by atoms with Gasteiger partial charge in [0.1, 0.15) is 0 Å². The molecule has 0 saturated heterocycles. The SMILES string of the molecule is CNC[C@@H]1CCC[C@@]1(C)c1ccccc1. The minimum atomic E-state index is 0.393. The molecular weight excluding hydrogens is 182 g/mol. The molecule has 0 bridgehead atoms. The Bertz CT molecular complexity index is 306. The molecule has 2 atom stereocenters. The Morgan fingerprint density at radius 1 is 1.33 bits per heavy atom. The van der Waals surface area contributed by atoms with E-state index in [4.69, 9.17) is 0 Å². The van der Waals surface area contributed by atoms with Crippen LogP contribution in [0.1, 0.15) is 31.7 Å². The van der Waals surface area contributed by atoms with Crippen molar-refractivity contribution in [3.63, 3.8) is 0 Å². The second-order valence-corrected chi connectivity index (χ2v) is 4.93. The molecule has 0 radical (unpaired) electrons. The molecule has 0 aromatic heterocycles. The Morgan fingerprint density at radius 3 is 2.73 bits per heavy atom. The molecule has 0 heterocycles. The average molecular weight is 203 g/mol. The second kappa shape index (κ2) is 4.36. The molecule has 1 N–H and O–H groups in total. The Balaban J connectivity index is 2.25. The van der Waals surface area contributed by atoms with Crippen LogP contribution in [-0.2, 0) is 5.41 Å². The predicted molar refractivity (Wildman–Crippen MR) is 65.1 cm³/mol. The topological polar surface area (TPSA) is 12.0 Å². The van der Waals surface area contributed by atoms with Gasteiger partial charge in [0, 0.05) is 0 Å². The molecular formula is C14H21N. The van der Waals surface area contributed by atoms with Gasteiger partial charge in [0.05, 0.1) is 0 Å². The standard InChI is InChI=1S/C14H21N/c1-14(12-7-4-3-5-8-12)10-6-9-13(14)11-15-2/h3-5,7-8,13,15H,6,9-11H2,1-2H3/t13-,14-/m0/s1. The molecule has 1 aliphatic rings. The maximum absolute atomic E-state index is 3.33. The van der Waals surface area contributed by atoms with E-state index in [2.05, 4.69) is 49.6 Å². The van der Waals surface area contributed by atoms with E-state index >= 15 is 0 Å². The van der Waals surface area contributed by atoms with Gasteiger partial charge in [0.15, 0.2) is 0 Å². The van der Waals surface area contributed by atoms with Crippen LogP contribution in [-0.4, -0.2) is 13.6 Å². The van der Waals surface area contributed by atoms with Crippen LogP contribution in [0.4, 0.5) is 0 Å². The smallest absolute Gasteiger partial charge is 0.00151 e. The zero-order chi connectivity index (χ0) is 10.7. The predicted octanol–water partition coefficient (Wildman–Crippen LogP) is 2.96. The number of hydrogen-bond donors (Lipinski definition) is 1. The third kappa shape index (κ3) is 1.93. The number of nitrogens with one attached hydrogen (secondary N) is 1. The number of hydrogen-bond acceptors (Lipinski definition) is 1. The summed E-state index contributed by atoms with van der Waals surface area (Å²) in [5.74, 6) is 0.796. The lowest BCUT2D eigenvalue weighted by atomic mass is 9.74. The first-order valence-electron chi connectivity index (χ1n) is 5.97. The van der Waals surface area contributed by atoms with E-state index in [0.717, 1.165) is 12.5 Å². The van der Waals surface area contributed by atoms with Crippen LogP contribution >= 0.6 is 0 Å². The summed E-state index contributed by atoms with van der Waals surface area (Å²) in [7, 11) is 2.06. The van der Waals surface area contributed by atoms with Gasteiger partial charge in [-0.1, -0.05) is 43.7 Å². The van der Waals surface area contributed by atoms with Crippen LogP contribution in [0, 0.1) is 5.92 Å². The first kappa shape index (κ1) is 10.7. The zero-order valence-electron chi connectivity index (χ0n) is 9.79. The van der Waals surface area contributed by atoms with Crippen LogP contribution in [0.5, 0.6) is 0 Å². The van der Waals surface area contributed by atoms with Crippen molar-refractivity contribution in [3.05, 3.63) is 35.9 Å². The van der Waals surface area contributed by atoms with Crippen molar-refractivity contribution >= 4 is 0 Å². The average Bonchev–Trinajstić information content (AvgIpc) is 2.64. The minimum Gasteiger partial charge on any atom is -0.319 e. The van der Waals surface area contributed by atoms with E-state index in [1.54, 1.807) is 0 Å². The molecule has 0 aliphatic heterocycles. The van der Waals surface area contributed by atoms with Crippen molar-refractivity contribution in [3.8, 4) is 0 Å². The molecule has 15 heavy (non-hydrogen) atoms. The van der Waals surface area contributed by atoms with Crippen molar-refractivity contribution in [1.29, 1.82) is 0 Å². The van der Waals surface area contributed by atoms with E-state index < -0.39 is 0 Å². The van der Waals surface area contributed by atoms with Gasteiger partial charge < -0.3 is 5.32 Å². The first-order valence-corrected chi connectivity index (χ1v) is 5.97. The molecule has 1 nitrogen and oxygen atoms in total. The summed E-state index contributed by atoms with van der Waals surface area (Å²) in [5.41, 5.74) is 1.91. The molecule has 0 spiro atoms. The lowest BCUT2D eigenvalue weighted by Crippen LogP contribution is -2.33. The molecule has 1 fully saturated rings. The molecule has 1 saturated carbocycles. The fourth-order valence-corrected chi connectivity index (χ4v) is 3.01. The Hall–Kier alpha value is -0.820. The molecule has 1 aliphatic carbocycles. The van der Waals surface area contributed by atoms with Gasteiger partial charge >= 0.3 is 0 Å². The first-order chi connectivity index (χ1) is 7.27. The summed E-state index contributed by atoms with van der Waals surface area (Å²) in [5, 5.41) is 3.33. The summed E-state index contributed by atoms with van der Waals surface area (Å²) >= 11 is 0. The van der Waals surface area contributed by atoms with Crippen molar-refractivity contribution in [2.24, 2.45) is 5.92 Å². The van der Waals surface area contributed by atoms with E-state index in [9.17, 15) is 0 Å². The summed E-state index contributed by atoms with van der Waals surface area (Å²) < 4.78 is 0. The molecule has 1 aromatic rings. The Morgan fingerprint density at radius 2 is 2.07 bits per heavy atom. The lowest BCUT2D eigenvalue weighted by Gasteiger charge is -2.32. The van der Waals surface area contributed by atoms with Gasteiger partial charge in [-0.25, -0.2) is 0 Å². The summed E-state index contributed by atoms with van der Waals surface area (Å²) in [4.78, 5) is 0. The van der Waals surface area contributed by atoms with Crippen LogP contribution < -0.4 is 5.32 Å². The lowest BCUT2D eigenvalue weighted by molar-refractivity contribution is 0.335. The highest BCUT2D eigenvalue weighted by molar-refractivity contribution is 5.27. The van der Waals surface area contributed by atoms with Crippen LogP contribution in [0.15, 0.2) is 30.3 Å². The van der Waals surface area contributed by atoms with E-state index in [1.165, 1.54) is 24.8 Å². The van der Waals surface area contributed by atoms with Gasteiger partial charge in [0.25, 0.3) is 0 Å². The largest absolute Gasteiger partial charge is 0.319 e. The zero-order valence-corrected chi connectivity index (χ0v) is 9.79. The monoisotopic (exact) mass is 203 g/mol. The molecule has 1 heteroatoms. The van der Waals surface area contributed by atoms with Crippen molar-refractivity contribution in [2.45, 2.75) is 31.6 Å². The second-order valence-electron chi connectivity index (χ2n) is 4.93. The van der Waals surface area contributed by atoms with Crippen LogP contribution in [0.25, 0.3) is 0 Å². The minimum absolute atomic E-state index is 0.393. The summed E-state index contributed by atoms with van der Waals surface area (Å²) in [6.45, 7) is 3.57. The molecule has 1 aromatic carbocycles. The molecule has 2 rings (SSSR count). The van der Waals surface area contributed by atoms with Gasteiger partial charge in [-0.2, -0.15) is 0 Å². The molecule has 82 valence electrons. The molecule has 0 unspecified atom stereocenters. The summed E-state index contributed by atoms with van der Waals surface area (Å²) in [6.07, 6.45) is 4.08. The van der Waals surface area contributed by atoms with Gasteiger partial charge in [-0.15, -0.1) is 0 Å². The third-order valence-corrected chi connectivity index (χ3v) is 4.03. The van der Waals surface area contributed by atoms with Crippen LogP contribution in [0.2, 0.25) is 0 Å². The fraction of sp³-hybridized carbons (Fsp3) is 0.571. The Labute approximate surface area is 92.9 Å². The quantitative estimate of drug-likeness (QED) is 0.796. The van der Waals surface area contributed by atoms with Gasteiger partial charge in [0.2, 0.25) is 0 Å². The fourth-order valence-electron chi connectivity index (χ4n) is 3.01. The highest BCUT2D eigenvalue weighted by atomic mass is 14.8. The van der Waals surface area contributed by atoms with Crippen LogP contribution in [0.3, 0.4) is 0 Å². The van der Waals surface area contributed by atoms with Crippen molar-refractivity contribution in [1.82, 2.24) is 5.32 Å². The summed E-state index contributed by atoms with van der Waals surface area (Å²) in [6, 6.07) is 11.0. The normalized spacial score (nSPS) is 30.7. The highest BCUT2D eigenvalue weighted by Crippen LogP contribution is 2.44. The third-order valence-electron chi connectivity index (χ3n) is 4.03.